The van der Waals surface area contributed by atoms with Crippen LogP contribution in [0.15, 0.2) is 24.8 Å². The first-order chi connectivity index (χ1) is 11.3. The normalized spacial score (nSPS) is 17.5. The van der Waals surface area contributed by atoms with Crippen LogP contribution >= 0.6 is 11.3 Å². The SMILES string of the molecule is CNc1nc2cc(-c3cncnc3)c(OC3CCOC3)nc2s1. The first-order valence-electron chi connectivity index (χ1n) is 7.32. The Morgan fingerprint density at radius 1 is 1.30 bits per heavy atom. The Morgan fingerprint density at radius 2 is 2.17 bits per heavy atom. The molecule has 23 heavy (non-hydrogen) atoms. The van der Waals surface area contributed by atoms with Crippen molar-refractivity contribution in [3.63, 3.8) is 0 Å². The predicted octanol–water partition coefficient (Wildman–Crippen LogP) is 2.36. The van der Waals surface area contributed by atoms with E-state index < -0.39 is 0 Å². The fourth-order valence-electron chi connectivity index (χ4n) is 2.45. The molecule has 7 nitrogen and oxygen atoms in total. The van der Waals surface area contributed by atoms with Crippen LogP contribution in [0, 0.1) is 0 Å². The average Bonchev–Trinajstić information content (AvgIpc) is 3.23. The van der Waals surface area contributed by atoms with Gasteiger partial charge in [-0.05, 0) is 6.07 Å². The first kappa shape index (κ1) is 14.3. The minimum Gasteiger partial charge on any atom is -0.471 e. The quantitative estimate of drug-likeness (QED) is 0.786. The monoisotopic (exact) mass is 329 g/mol. The number of nitrogens with zero attached hydrogens (tertiary/aromatic N) is 4. The van der Waals surface area contributed by atoms with Gasteiger partial charge in [0.25, 0.3) is 0 Å². The molecule has 1 saturated heterocycles. The lowest BCUT2D eigenvalue weighted by molar-refractivity contribution is 0.139. The van der Waals surface area contributed by atoms with Gasteiger partial charge in [0.1, 0.15) is 22.8 Å². The molecule has 118 valence electrons. The lowest BCUT2D eigenvalue weighted by atomic mass is 10.1. The van der Waals surface area contributed by atoms with Crippen molar-refractivity contribution < 1.29 is 9.47 Å². The van der Waals surface area contributed by atoms with Crippen LogP contribution < -0.4 is 10.1 Å². The van der Waals surface area contributed by atoms with Gasteiger partial charge in [0.15, 0.2) is 5.13 Å². The zero-order chi connectivity index (χ0) is 15.6. The molecule has 3 aromatic rings. The molecule has 0 amide bonds. The van der Waals surface area contributed by atoms with Crippen LogP contribution in [0.5, 0.6) is 5.88 Å². The van der Waals surface area contributed by atoms with E-state index >= 15 is 0 Å². The number of thiazole rings is 1. The van der Waals surface area contributed by atoms with Crippen LogP contribution in [0.3, 0.4) is 0 Å². The maximum Gasteiger partial charge on any atom is 0.223 e. The fourth-order valence-corrected chi connectivity index (χ4v) is 3.22. The second-order valence-electron chi connectivity index (χ2n) is 5.16. The summed E-state index contributed by atoms with van der Waals surface area (Å²) in [5.41, 5.74) is 2.53. The minimum atomic E-state index is 0.0278. The number of nitrogens with one attached hydrogen (secondary N) is 1. The second kappa shape index (κ2) is 6.05. The summed E-state index contributed by atoms with van der Waals surface area (Å²) in [7, 11) is 1.84. The highest BCUT2D eigenvalue weighted by atomic mass is 32.1. The van der Waals surface area contributed by atoms with Gasteiger partial charge in [-0.3, -0.25) is 0 Å². The molecule has 0 saturated carbocycles. The van der Waals surface area contributed by atoms with Gasteiger partial charge < -0.3 is 14.8 Å². The fraction of sp³-hybridized carbons (Fsp3) is 0.333. The van der Waals surface area contributed by atoms with Crippen molar-refractivity contribution in [3.05, 3.63) is 24.8 Å². The number of hydrogen-bond donors (Lipinski definition) is 1. The van der Waals surface area contributed by atoms with Gasteiger partial charge in [-0.15, -0.1) is 0 Å². The third-order valence-electron chi connectivity index (χ3n) is 3.60. The molecular weight excluding hydrogens is 314 g/mol. The molecule has 0 aromatic carbocycles. The summed E-state index contributed by atoms with van der Waals surface area (Å²) >= 11 is 1.50. The molecule has 1 atom stereocenters. The Labute approximate surface area is 136 Å². The number of rotatable bonds is 4. The van der Waals surface area contributed by atoms with E-state index in [0.29, 0.717) is 12.5 Å². The summed E-state index contributed by atoms with van der Waals surface area (Å²) in [6.07, 6.45) is 5.90. The Morgan fingerprint density at radius 3 is 2.91 bits per heavy atom. The van der Waals surface area contributed by atoms with E-state index in [1.54, 1.807) is 12.4 Å². The summed E-state index contributed by atoms with van der Waals surface area (Å²) in [6.45, 7) is 1.32. The summed E-state index contributed by atoms with van der Waals surface area (Å²) in [5.74, 6) is 0.578. The van der Waals surface area contributed by atoms with Gasteiger partial charge in [-0.2, -0.15) is 0 Å². The van der Waals surface area contributed by atoms with Crippen LogP contribution in [0.1, 0.15) is 6.42 Å². The van der Waals surface area contributed by atoms with Gasteiger partial charge >= 0.3 is 0 Å². The second-order valence-corrected chi connectivity index (χ2v) is 6.14. The van der Waals surface area contributed by atoms with E-state index in [1.807, 2.05) is 13.1 Å². The zero-order valence-corrected chi connectivity index (χ0v) is 13.3. The van der Waals surface area contributed by atoms with Gasteiger partial charge in [0, 0.05) is 37.0 Å². The number of ether oxygens (including phenoxy) is 2. The molecule has 8 heteroatoms. The van der Waals surface area contributed by atoms with Crippen LogP contribution in [-0.2, 0) is 4.74 Å². The van der Waals surface area contributed by atoms with E-state index in [1.165, 1.54) is 17.7 Å². The molecule has 1 fully saturated rings. The molecule has 0 radical (unpaired) electrons. The van der Waals surface area contributed by atoms with Gasteiger partial charge in [-0.1, -0.05) is 11.3 Å². The zero-order valence-electron chi connectivity index (χ0n) is 12.5. The van der Waals surface area contributed by atoms with Gasteiger partial charge in [0.05, 0.1) is 13.2 Å². The first-order valence-corrected chi connectivity index (χ1v) is 8.14. The summed E-state index contributed by atoms with van der Waals surface area (Å²) in [4.78, 5) is 18.2. The maximum atomic E-state index is 6.08. The average molecular weight is 329 g/mol. The van der Waals surface area contributed by atoms with Crippen molar-refractivity contribution in [1.29, 1.82) is 0 Å². The van der Waals surface area contributed by atoms with E-state index in [0.717, 1.165) is 39.6 Å². The lowest BCUT2D eigenvalue weighted by Gasteiger charge is -2.14. The highest BCUT2D eigenvalue weighted by Gasteiger charge is 2.21. The molecule has 0 spiro atoms. The van der Waals surface area contributed by atoms with Crippen LogP contribution in [-0.4, -0.2) is 46.3 Å². The van der Waals surface area contributed by atoms with Gasteiger partial charge in [0.2, 0.25) is 5.88 Å². The number of aromatic nitrogens is 4. The molecule has 1 aliphatic heterocycles. The molecule has 4 rings (SSSR count). The third-order valence-corrected chi connectivity index (χ3v) is 4.58. The van der Waals surface area contributed by atoms with E-state index in [2.05, 4.69) is 25.3 Å². The molecule has 4 heterocycles. The van der Waals surface area contributed by atoms with E-state index in [9.17, 15) is 0 Å². The van der Waals surface area contributed by atoms with Crippen LogP contribution in [0.25, 0.3) is 21.5 Å². The van der Waals surface area contributed by atoms with E-state index in [-0.39, 0.29) is 6.10 Å². The summed E-state index contributed by atoms with van der Waals surface area (Å²) in [5, 5.41) is 3.87. The molecule has 1 aliphatic rings. The van der Waals surface area contributed by atoms with Crippen molar-refractivity contribution in [3.8, 4) is 17.0 Å². The number of fused-ring (bicyclic) bond motifs is 1. The molecule has 3 aromatic heterocycles. The Bertz CT molecular complexity index is 817. The topological polar surface area (TPSA) is 82.1 Å². The smallest absolute Gasteiger partial charge is 0.223 e. The molecule has 1 N–H and O–H groups in total. The van der Waals surface area contributed by atoms with Crippen molar-refractivity contribution >= 4 is 26.8 Å². The highest BCUT2D eigenvalue weighted by Crippen LogP contribution is 2.35. The Hall–Kier alpha value is -2.32. The maximum absolute atomic E-state index is 6.08. The summed E-state index contributed by atoms with van der Waals surface area (Å²) in [6, 6.07) is 1.98. The summed E-state index contributed by atoms with van der Waals surface area (Å²) < 4.78 is 11.5. The highest BCUT2D eigenvalue weighted by molar-refractivity contribution is 7.21. The Balaban J connectivity index is 1.82. The van der Waals surface area contributed by atoms with Gasteiger partial charge in [-0.25, -0.2) is 19.9 Å². The molecule has 0 bridgehead atoms. The largest absolute Gasteiger partial charge is 0.471 e. The van der Waals surface area contributed by atoms with E-state index in [4.69, 9.17) is 9.47 Å². The molecule has 1 unspecified atom stereocenters. The van der Waals surface area contributed by atoms with Crippen molar-refractivity contribution in [2.24, 2.45) is 0 Å². The minimum absolute atomic E-state index is 0.0278. The standard InChI is InChI=1S/C15H15N5O2S/c1-16-15-19-12-4-11(9-5-17-8-18-6-9)13(20-14(12)23-15)22-10-2-3-21-7-10/h4-6,8,10H,2-3,7H2,1H3,(H,16,19). The molecular formula is C15H15N5O2S. The predicted molar refractivity (Wildman–Crippen MR) is 87.8 cm³/mol. The van der Waals surface area contributed by atoms with Crippen LogP contribution in [0.2, 0.25) is 0 Å². The van der Waals surface area contributed by atoms with Crippen molar-refractivity contribution in [2.75, 3.05) is 25.6 Å². The number of anilines is 1. The number of pyridine rings is 1. The number of hydrogen-bond acceptors (Lipinski definition) is 8. The van der Waals surface area contributed by atoms with Crippen LogP contribution in [0.4, 0.5) is 5.13 Å². The molecule has 0 aliphatic carbocycles. The van der Waals surface area contributed by atoms with Crippen molar-refractivity contribution in [2.45, 2.75) is 12.5 Å². The Kier molecular flexibility index (Phi) is 3.76. The third kappa shape index (κ3) is 2.82. The lowest BCUT2D eigenvalue weighted by Crippen LogP contribution is -2.17. The van der Waals surface area contributed by atoms with Crippen molar-refractivity contribution in [1.82, 2.24) is 19.9 Å².